The standard InChI is InChI=1S/C16H17N5O/c1-2-11(8-17-5-1)22-14-4-7-19-16-15(14)12(9-20-16)13-3-6-18-10-21-13/h3-4,6-7,9-11,17H,1-2,5,8H2,(H,19,20)/t11-/m1/s1. The lowest BCUT2D eigenvalue weighted by molar-refractivity contribution is 0.169. The molecule has 0 radical (unpaired) electrons. The van der Waals surface area contributed by atoms with Crippen molar-refractivity contribution in [3.8, 4) is 17.0 Å². The Bertz CT molecular complexity index is 765. The van der Waals surface area contributed by atoms with Crippen LogP contribution in [0.3, 0.4) is 0 Å². The van der Waals surface area contributed by atoms with Crippen LogP contribution in [0.25, 0.3) is 22.3 Å². The second kappa shape index (κ2) is 5.73. The first-order valence-corrected chi connectivity index (χ1v) is 7.51. The van der Waals surface area contributed by atoms with Gasteiger partial charge in [0, 0.05) is 30.7 Å². The van der Waals surface area contributed by atoms with Gasteiger partial charge in [-0.1, -0.05) is 0 Å². The number of piperidine rings is 1. The molecular formula is C16H17N5O. The molecule has 0 bridgehead atoms. The molecule has 4 heterocycles. The van der Waals surface area contributed by atoms with E-state index in [2.05, 4.69) is 25.3 Å². The van der Waals surface area contributed by atoms with Crippen LogP contribution >= 0.6 is 0 Å². The molecule has 0 aliphatic carbocycles. The van der Waals surface area contributed by atoms with E-state index in [1.54, 1.807) is 18.7 Å². The molecule has 6 heteroatoms. The molecule has 0 aromatic carbocycles. The molecule has 0 amide bonds. The predicted octanol–water partition coefficient (Wildman–Crippen LogP) is 2.15. The Morgan fingerprint density at radius 3 is 3.00 bits per heavy atom. The molecular weight excluding hydrogens is 278 g/mol. The maximum Gasteiger partial charge on any atom is 0.141 e. The summed E-state index contributed by atoms with van der Waals surface area (Å²) >= 11 is 0. The molecule has 112 valence electrons. The zero-order chi connectivity index (χ0) is 14.8. The van der Waals surface area contributed by atoms with Crippen molar-refractivity contribution in [1.82, 2.24) is 25.3 Å². The van der Waals surface area contributed by atoms with Crippen molar-refractivity contribution in [3.63, 3.8) is 0 Å². The Morgan fingerprint density at radius 2 is 2.18 bits per heavy atom. The van der Waals surface area contributed by atoms with Gasteiger partial charge in [0.1, 0.15) is 23.8 Å². The van der Waals surface area contributed by atoms with Crippen molar-refractivity contribution in [3.05, 3.63) is 37.1 Å². The number of fused-ring (bicyclic) bond motifs is 1. The Kier molecular flexibility index (Phi) is 3.44. The average molecular weight is 295 g/mol. The molecule has 1 aliphatic heterocycles. The van der Waals surface area contributed by atoms with Gasteiger partial charge in [-0.15, -0.1) is 0 Å². The molecule has 1 atom stereocenters. The second-order valence-electron chi connectivity index (χ2n) is 5.42. The van der Waals surface area contributed by atoms with E-state index in [0.717, 1.165) is 54.0 Å². The van der Waals surface area contributed by atoms with E-state index in [4.69, 9.17) is 4.74 Å². The lowest BCUT2D eigenvalue weighted by Gasteiger charge is -2.24. The second-order valence-corrected chi connectivity index (χ2v) is 5.42. The molecule has 0 saturated carbocycles. The molecule has 0 unspecified atom stereocenters. The van der Waals surface area contributed by atoms with E-state index in [0.29, 0.717) is 0 Å². The third-order valence-electron chi connectivity index (χ3n) is 3.94. The van der Waals surface area contributed by atoms with Crippen LogP contribution in [0.15, 0.2) is 37.1 Å². The first-order valence-electron chi connectivity index (χ1n) is 7.51. The summed E-state index contributed by atoms with van der Waals surface area (Å²) in [4.78, 5) is 15.9. The van der Waals surface area contributed by atoms with Crippen LogP contribution in [0.2, 0.25) is 0 Å². The lowest BCUT2D eigenvalue weighted by atomic mass is 10.1. The van der Waals surface area contributed by atoms with Gasteiger partial charge in [0.15, 0.2) is 0 Å². The summed E-state index contributed by atoms with van der Waals surface area (Å²) in [5, 5.41) is 4.35. The molecule has 22 heavy (non-hydrogen) atoms. The maximum atomic E-state index is 6.22. The monoisotopic (exact) mass is 295 g/mol. The zero-order valence-electron chi connectivity index (χ0n) is 12.1. The lowest BCUT2D eigenvalue weighted by Crippen LogP contribution is -2.37. The van der Waals surface area contributed by atoms with Gasteiger partial charge in [-0.05, 0) is 31.5 Å². The van der Waals surface area contributed by atoms with E-state index in [9.17, 15) is 0 Å². The summed E-state index contributed by atoms with van der Waals surface area (Å²) in [6, 6.07) is 3.82. The Balaban J connectivity index is 1.76. The van der Waals surface area contributed by atoms with E-state index in [-0.39, 0.29) is 6.10 Å². The van der Waals surface area contributed by atoms with Crippen LogP contribution in [-0.4, -0.2) is 39.1 Å². The van der Waals surface area contributed by atoms with Gasteiger partial charge in [-0.25, -0.2) is 15.0 Å². The summed E-state index contributed by atoms with van der Waals surface area (Å²) < 4.78 is 6.22. The summed E-state index contributed by atoms with van der Waals surface area (Å²) in [6.07, 6.45) is 9.40. The van der Waals surface area contributed by atoms with Gasteiger partial charge in [0.25, 0.3) is 0 Å². The molecule has 3 aromatic heterocycles. The highest BCUT2D eigenvalue weighted by Gasteiger charge is 2.18. The average Bonchev–Trinajstić information content (AvgIpc) is 3.02. The van der Waals surface area contributed by atoms with Gasteiger partial charge >= 0.3 is 0 Å². The highest BCUT2D eigenvalue weighted by molar-refractivity contribution is 5.97. The van der Waals surface area contributed by atoms with Crippen LogP contribution in [0.1, 0.15) is 12.8 Å². The molecule has 4 rings (SSSR count). The van der Waals surface area contributed by atoms with Crippen LogP contribution < -0.4 is 10.1 Å². The normalized spacial score (nSPS) is 18.5. The Labute approximate surface area is 128 Å². The largest absolute Gasteiger partial charge is 0.488 e. The summed E-state index contributed by atoms with van der Waals surface area (Å²) in [5.41, 5.74) is 2.67. The SMILES string of the molecule is c1cc(-c2c[nH]c3nccc(O[C@@H]4CCCNC4)c23)ncn1. The maximum absolute atomic E-state index is 6.22. The van der Waals surface area contributed by atoms with Crippen LogP contribution in [0.5, 0.6) is 5.75 Å². The van der Waals surface area contributed by atoms with Gasteiger partial charge in [-0.3, -0.25) is 0 Å². The fourth-order valence-corrected chi connectivity index (χ4v) is 2.88. The van der Waals surface area contributed by atoms with Crippen molar-refractivity contribution in [2.45, 2.75) is 18.9 Å². The number of aromatic amines is 1. The van der Waals surface area contributed by atoms with Crippen LogP contribution in [-0.2, 0) is 0 Å². The van der Waals surface area contributed by atoms with Gasteiger partial charge in [0.05, 0.1) is 11.1 Å². The highest BCUT2D eigenvalue weighted by atomic mass is 16.5. The van der Waals surface area contributed by atoms with Crippen LogP contribution in [0, 0.1) is 0 Å². The zero-order valence-corrected chi connectivity index (χ0v) is 12.1. The number of H-pyrrole nitrogens is 1. The summed E-state index contributed by atoms with van der Waals surface area (Å²) in [6.45, 7) is 1.96. The molecule has 0 spiro atoms. The van der Waals surface area contributed by atoms with E-state index in [1.807, 2.05) is 18.3 Å². The Hall–Kier alpha value is -2.47. The van der Waals surface area contributed by atoms with E-state index >= 15 is 0 Å². The minimum Gasteiger partial charge on any atom is -0.488 e. The molecule has 1 aliphatic rings. The topological polar surface area (TPSA) is 75.7 Å². The third kappa shape index (κ3) is 2.42. The predicted molar refractivity (Wildman–Crippen MR) is 83.6 cm³/mol. The molecule has 6 nitrogen and oxygen atoms in total. The number of pyridine rings is 1. The number of nitrogens with one attached hydrogen (secondary N) is 2. The Morgan fingerprint density at radius 1 is 1.18 bits per heavy atom. The minimum atomic E-state index is 0.201. The van der Waals surface area contributed by atoms with Gasteiger partial charge in [0.2, 0.25) is 0 Å². The number of rotatable bonds is 3. The quantitative estimate of drug-likeness (QED) is 0.774. The fourth-order valence-electron chi connectivity index (χ4n) is 2.88. The first kappa shape index (κ1) is 13.2. The van der Waals surface area contributed by atoms with Crippen molar-refractivity contribution in [1.29, 1.82) is 0 Å². The number of ether oxygens (including phenoxy) is 1. The number of hydrogen-bond acceptors (Lipinski definition) is 5. The molecule has 2 N–H and O–H groups in total. The van der Waals surface area contributed by atoms with Crippen molar-refractivity contribution >= 4 is 11.0 Å². The van der Waals surface area contributed by atoms with Gasteiger partial charge in [-0.2, -0.15) is 0 Å². The van der Waals surface area contributed by atoms with E-state index in [1.165, 1.54) is 0 Å². The van der Waals surface area contributed by atoms with Crippen molar-refractivity contribution < 1.29 is 4.74 Å². The van der Waals surface area contributed by atoms with Gasteiger partial charge < -0.3 is 15.0 Å². The van der Waals surface area contributed by atoms with Crippen molar-refractivity contribution in [2.24, 2.45) is 0 Å². The van der Waals surface area contributed by atoms with E-state index < -0.39 is 0 Å². The number of nitrogens with zero attached hydrogens (tertiary/aromatic N) is 3. The van der Waals surface area contributed by atoms with Crippen molar-refractivity contribution in [2.75, 3.05) is 13.1 Å². The fraction of sp³-hybridized carbons (Fsp3) is 0.312. The highest BCUT2D eigenvalue weighted by Crippen LogP contribution is 2.34. The first-order chi connectivity index (χ1) is 10.9. The molecule has 3 aromatic rings. The minimum absolute atomic E-state index is 0.201. The smallest absolute Gasteiger partial charge is 0.141 e. The number of aromatic nitrogens is 4. The summed E-state index contributed by atoms with van der Waals surface area (Å²) in [5.74, 6) is 0.855. The van der Waals surface area contributed by atoms with Crippen LogP contribution in [0.4, 0.5) is 0 Å². The molecule has 1 saturated heterocycles. The molecule has 1 fully saturated rings. The summed E-state index contributed by atoms with van der Waals surface area (Å²) in [7, 11) is 0. The number of hydrogen-bond donors (Lipinski definition) is 2. The third-order valence-corrected chi connectivity index (χ3v) is 3.94.